The van der Waals surface area contributed by atoms with E-state index in [1.165, 1.54) is 36.0 Å². The predicted molar refractivity (Wildman–Crippen MR) is 89.4 cm³/mol. The zero-order chi connectivity index (χ0) is 16.0. The summed E-state index contributed by atoms with van der Waals surface area (Å²) < 4.78 is 0. The van der Waals surface area contributed by atoms with Crippen LogP contribution in [0.4, 0.5) is 4.79 Å². The number of hydrogen-bond donors (Lipinski definition) is 2. The Labute approximate surface area is 137 Å². The number of aliphatic hydroxyl groups excluding tert-OH is 1. The fraction of sp³-hybridized carbons (Fsp3) is 0.632. The average molecular weight is 314 g/mol. The minimum atomic E-state index is -0.332. The number of aryl methyl sites for hydroxylation is 1. The topological polar surface area (TPSA) is 52.6 Å². The first-order valence-electron chi connectivity index (χ1n) is 8.98. The van der Waals surface area contributed by atoms with Gasteiger partial charge in [-0.2, -0.15) is 0 Å². The molecular formula is C19H26N2O2. The lowest BCUT2D eigenvalue weighted by molar-refractivity contribution is 0.129. The minimum Gasteiger partial charge on any atom is -0.393 e. The molecule has 4 nitrogen and oxygen atoms in total. The number of benzene rings is 1. The Balaban J connectivity index is 1.47. The van der Waals surface area contributed by atoms with Gasteiger partial charge in [-0.3, -0.25) is 0 Å². The fourth-order valence-corrected chi connectivity index (χ4v) is 4.73. The van der Waals surface area contributed by atoms with Crippen LogP contribution in [0.1, 0.15) is 61.3 Å². The van der Waals surface area contributed by atoms with Gasteiger partial charge in [0.2, 0.25) is 0 Å². The molecule has 0 spiro atoms. The number of nitrogens with zero attached hydrogens (tertiary/aromatic N) is 1. The average Bonchev–Trinajstić information content (AvgIpc) is 3.15. The van der Waals surface area contributed by atoms with Crippen LogP contribution < -0.4 is 5.32 Å². The highest BCUT2D eigenvalue weighted by Crippen LogP contribution is 2.47. The van der Waals surface area contributed by atoms with Gasteiger partial charge in [0.15, 0.2) is 0 Å². The van der Waals surface area contributed by atoms with Gasteiger partial charge in [0, 0.05) is 19.0 Å². The van der Waals surface area contributed by atoms with Crippen LogP contribution >= 0.6 is 0 Å². The van der Waals surface area contributed by atoms with E-state index in [2.05, 4.69) is 23.5 Å². The second kappa shape index (κ2) is 5.82. The van der Waals surface area contributed by atoms with E-state index in [9.17, 15) is 9.90 Å². The Morgan fingerprint density at radius 3 is 3.04 bits per heavy atom. The standard InChI is InChI=1S/C19H26N2O2/c1-12(22)15-8-9-21(11-15)19(23)20-17-10-14-6-2-4-13-5-3-7-16(17)18(13)14/h3,5,7,12,14-15,17,22H,2,4,6,8-11H2,1H3,(H,20,23)/t12-,14-,15+,17-/m0/s1. The summed E-state index contributed by atoms with van der Waals surface area (Å²) in [5.74, 6) is 0.849. The van der Waals surface area contributed by atoms with Gasteiger partial charge in [-0.05, 0) is 61.6 Å². The molecule has 1 saturated heterocycles. The highest BCUT2D eigenvalue weighted by atomic mass is 16.3. The first-order chi connectivity index (χ1) is 11.1. The molecule has 4 atom stereocenters. The van der Waals surface area contributed by atoms with E-state index < -0.39 is 0 Å². The molecule has 1 aliphatic heterocycles. The summed E-state index contributed by atoms with van der Waals surface area (Å²) >= 11 is 0. The lowest BCUT2D eigenvalue weighted by Crippen LogP contribution is -2.40. The number of carbonyl (C=O) groups excluding carboxylic acids is 1. The highest BCUT2D eigenvalue weighted by molar-refractivity contribution is 5.75. The zero-order valence-electron chi connectivity index (χ0n) is 13.8. The second-order valence-corrected chi connectivity index (χ2v) is 7.48. The number of likely N-dealkylation sites (tertiary alicyclic amines) is 1. The maximum absolute atomic E-state index is 12.6. The third-order valence-electron chi connectivity index (χ3n) is 6.02. The van der Waals surface area contributed by atoms with Gasteiger partial charge < -0.3 is 15.3 Å². The van der Waals surface area contributed by atoms with Crippen LogP contribution in [0.3, 0.4) is 0 Å². The Morgan fingerprint density at radius 1 is 1.39 bits per heavy atom. The largest absolute Gasteiger partial charge is 0.393 e. The maximum atomic E-state index is 12.6. The van der Waals surface area contributed by atoms with Crippen LogP contribution in [0.2, 0.25) is 0 Å². The molecule has 1 aromatic rings. The fourth-order valence-electron chi connectivity index (χ4n) is 4.73. The van der Waals surface area contributed by atoms with E-state index in [0.29, 0.717) is 12.5 Å². The summed E-state index contributed by atoms with van der Waals surface area (Å²) in [5.41, 5.74) is 4.35. The number of nitrogens with one attached hydrogen (secondary N) is 1. The van der Waals surface area contributed by atoms with Crippen LogP contribution in [-0.4, -0.2) is 35.2 Å². The number of aliphatic hydroxyl groups is 1. The molecule has 124 valence electrons. The molecule has 2 N–H and O–H groups in total. The molecule has 1 fully saturated rings. The van der Waals surface area contributed by atoms with Crippen molar-refractivity contribution in [2.75, 3.05) is 13.1 Å². The molecule has 0 radical (unpaired) electrons. The van der Waals surface area contributed by atoms with Gasteiger partial charge in [0.25, 0.3) is 0 Å². The zero-order valence-corrected chi connectivity index (χ0v) is 13.8. The van der Waals surface area contributed by atoms with Crippen LogP contribution in [0.5, 0.6) is 0 Å². The molecule has 4 heteroatoms. The van der Waals surface area contributed by atoms with E-state index in [1.54, 1.807) is 0 Å². The third kappa shape index (κ3) is 2.63. The van der Waals surface area contributed by atoms with Gasteiger partial charge in [-0.25, -0.2) is 4.79 Å². The van der Waals surface area contributed by atoms with Gasteiger partial charge in [-0.15, -0.1) is 0 Å². The molecule has 1 heterocycles. The van der Waals surface area contributed by atoms with Crippen molar-refractivity contribution in [3.05, 3.63) is 34.9 Å². The normalized spacial score (nSPS) is 30.2. The molecule has 23 heavy (non-hydrogen) atoms. The summed E-state index contributed by atoms with van der Waals surface area (Å²) in [6.07, 6.45) is 5.32. The van der Waals surface area contributed by atoms with Crippen molar-refractivity contribution in [3.8, 4) is 0 Å². The SMILES string of the molecule is C[C@H](O)[C@@H]1CCN(C(=O)N[C@H]2C[C@@H]3CCCc4cccc2c43)C1. The van der Waals surface area contributed by atoms with Gasteiger partial charge >= 0.3 is 6.03 Å². The van der Waals surface area contributed by atoms with Crippen LogP contribution in [0.25, 0.3) is 0 Å². The first kappa shape index (κ1) is 15.0. The molecule has 2 aliphatic carbocycles. The van der Waals surface area contributed by atoms with Crippen molar-refractivity contribution in [2.24, 2.45) is 5.92 Å². The Morgan fingerprint density at radius 2 is 2.26 bits per heavy atom. The van der Waals surface area contributed by atoms with Crippen molar-refractivity contribution < 1.29 is 9.90 Å². The predicted octanol–water partition coefficient (Wildman–Crippen LogP) is 2.96. The summed E-state index contributed by atoms with van der Waals surface area (Å²) in [4.78, 5) is 14.5. The number of hydrogen-bond acceptors (Lipinski definition) is 2. The number of urea groups is 1. The summed E-state index contributed by atoms with van der Waals surface area (Å²) in [6.45, 7) is 3.25. The van der Waals surface area contributed by atoms with Crippen molar-refractivity contribution in [1.82, 2.24) is 10.2 Å². The molecule has 0 bridgehead atoms. The Kier molecular flexibility index (Phi) is 3.80. The molecule has 3 aliphatic rings. The molecule has 2 amide bonds. The molecule has 0 unspecified atom stereocenters. The first-order valence-corrected chi connectivity index (χ1v) is 8.98. The van der Waals surface area contributed by atoms with Crippen molar-refractivity contribution in [1.29, 1.82) is 0 Å². The number of carbonyl (C=O) groups is 1. The summed E-state index contributed by atoms with van der Waals surface area (Å²) in [7, 11) is 0. The monoisotopic (exact) mass is 314 g/mol. The highest BCUT2D eigenvalue weighted by Gasteiger charge is 2.37. The van der Waals surface area contributed by atoms with Gasteiger partial charge in [0.1, 0.15) is 0 Å². The number of amides is 2. The minimum absolute atomic E-state index is 0.0365. The van der Waals surface area contributed by atoms with Crippen molar-refractivity contribution >= 4 is 6.03 Å². The summed E-state index contributed by atoms with van der Waals surface area (Å²) in [6, 6.07) is 6.78. The molecule has 1 aromatic carbocycles. The maximum Gasteiger partial charge on any atom is 0.317 e. The van der Waals surface area contributed by atoms with Gasteiger partial charge in [0.05, 0.1) is 12.1 Å². The van der Waals surface area contributed by atoms with Crippen LogP contribution in [0, 0.1) is 5.92 Å². The molecule has 0 saturated carbocycles. The van der Waals surface area contributed by atoms with E-state index in [4.69, 9.17) is 0 Å². The van der Waals surface area contributed by atoms with Gasteiger partial charge in [-0.1, -0.05) is 18.2 Å². The molecule has 0 aromatic heterocycles. The van der Waals surface area contributed by atoms with E-state index in [1.807, 2.05) is 11.8 Å². The summed E-state index contributed by atoms with van der Waals surface area (Å²) in [5, 5.41) is 13.0. The quantitative estimate of drug-likeness (QED) is 0.882. The lowest BCUT2D eigenvalue weighted by Gasteiger charge is -2.22. The van der Waals surface area contributed by atoms with E-state index in [-0.39, 0.29) is 24.1 Å². The Bertz CT molecular complexity index is 613. The second-order valence-electron chi connectivity index (χ2n) is 7.48. The van der Waals surface area contributed by atoms with Crippen molar-refractivity contribution in [2.45, 2.75) is 57.1 Å². The Hall–Kier alpha value is -1.55. The van der Waals surface area contributed by atoms with Crippen LogP contribution in [0.15, 0.2) is 18.2 Å². The lowest BCUT2D eigenvalue weighted by atomic mass is 9.84. The van der Waals surface area contributed by atoms with E-state index >= 15 is 0 Å². The number of rotatable bonds is 2. The molecular weight excluding hydrogens is 288 g/mol. The molecule has 4 rings (SSSR count). The van der Waals surface area contributed by atoms with Crippen LogP contribution in [-0.2, 0) is 6.42 Å². The third-order valence-corrected chi connectivity index (χ3v) is 6.02. The smallest absolute Gasteiger partial charge is 0.317 e. The van der Waals surface area contributed by atoms with Crippen molar-refractivity contribution in [3.63, 3.8) is 0 Å². The van der Waals surface area contributed by atoms with E-state index in [0.717, 1.165) is 19.4 Å².